The standard InChI is InChI=1S/C7H16OS/c1-6(2)9(8)7(3,4)5/h6H,1-5H3/t9-/m0/s1. The molecule has 0 aromatic heterocycles. The Kier molecular flexibility index (Phi) is 3.03. The van der Waals surface area contributed by atoms with E-state index in [4.69, 9.17) is 0 Å². The van der Waals surface area contributed by atoms with Gasteiger partial charge in [0.1, 0.15) is 10.00 Å². The van der Waals surface area contributed by atoms with Crippen LogP contribution in [0.2, 0.25) is 0 Å². The molecule has 0 amide bonds. The van der Waals surface area contributed by atoms with Crippen molar-refractivity contribution in [1.82, 2.24) is 0 Å². The lowest BCUT2D eigenvalue weighted by atomic mass is 10.3. The third-order valence-electron chi connectivity index (χ3n) is 1.03. The fourth-order valence-electron chi connectivity index (χ4n) is 0.707. The molecule has 0 spiro atoms. The third-order valence-corrected chi connectivity index (χ3v) is 3.10. The second-order valence-corrected chi connectivity index (χ2v) is 6.22. The Bertz CT molecular complexity index is 83.4. The van der Waals surface area contributed by atoms with Gasteiger partial charge in [-0.25, -0.2) is 0 Å². The first-order valence-electron chi connectivity index (χ1n) is 3.26. The van der Waals surface area contributed by atoms with Crippen LogP contribution in [0.15, 0.2) is 0 Å². The molecule has 0 heterocycles. The third kappa shape index (κ3) is 3.11. The van der Waals surface area contributed by atoms with Crippen molar-refractivity contribution in [2.24, 2.45) is 0 Å². The molecule has 0 unspecified atom stereocenters. The SMILES string of the molecule is CC(C)[S@+]([O-])C(C)(C)C. The molecule has 9 heavy (non-hydrogen) atoms. The van der Waals surface area contributed by atoms with E-state index in [-0.39, 0.29) is 10.00 Å². The van der Waals surface area contributed by atoms with Gasteiger partial charge in [0, 0.05) is 0 Å². The average Bonchev–Trinajstić information content (AvgIpc) is 1.62. The van der Waals surface area contributed by atoms with Crippen LogP contribution >= 0.6 is 0 Å². The summed E-state index contributed by atoms with van der Waals surface area (Å²) in [5.74, 6) is 0. The minimum Gasteiger partial charge on any atom is -0.616 e. The fraction of sp³-hybridized carbons (Fsp3) is 1.00. The van der Waals surface area contributed by atoms with E-state index < -0.39 is 11.2 Å². The number of rotatable bonds is 1. The second kappa shape index (κ2) is 2.93. The molecule has 0 fully saturated rings. The van der Waals surface area contributed by atoms with Crippen molar-refractivity contribution in [3.05, 3.63) is 0 Å². The molecule has 1 nitrogen and oxygen atoms in total. The molecule has 0 radical (unpaired) electrons. The zero-order valence-electron chi connectivity index (χ0n) is 6.89. The van der Waals surface area contributed by atoms with Gasteiger partial charge in [-0.1, -0.05) is 0 Å². The van der Waals surface area contributed by atoms with Crippen LogP contribution in [0.4, 0.5) is 0 Å². The predicted octanol–water partition coefficient (Wildman–Crippen LogP) is 1.94. The molecular weight excluding hydrogens is 132 g/mol. The topological polar surface area (TPSA) is 23.1 Å². The molecule has 1 atom stereocenters. The highest BCUT2D eigenvalue weighted by molar-refractivity contribution is 7.93. The van der Waals surface area contributed by atoms with Gasteiger partial charge in [0.05, 0.1) is 0 Å². The molecule has 0 bridgehead atoms. The normalized spacial score (nSPS) is 16.3. The number of hydrogen-bond donors (Lipinski definition) is 0. The molecule has 0 saturated carbocycles. The highest BCUT2D eigenvalue weighted by Crippen LogP contribution is 2.19. The summed E-state index contributed by atoms with van der Waals surface area (Å²) < 4.78 is 11.2. The minimum atomic E-state index is -0.689. The van der Waals surface area contributed by atoms with Gasteiger partial charge in [-0.3, -0.25) is 0 Å². The Labute approximate surface area is 61.0 Å². The van der Waals surface area contributed by atoms with Gasteiger partial charge in [-0.2, -0.15) is 0 Å². The summed E-state index contributed by atoms with van der Waals surface area (Å²) in [5, 5.41) is 0.282. The lowest BCUT2D eigenvalue weighted by molar-refractivity contribution is 0.550. The Morgan fingerprint density at radius 2 is 1.56 bits per heavy atom. The first kappa shape index (κ1) is 9.31. The highest BCUT2D eigenvalue weighted by Gasteiger charge is 2.27. The van der Waals surface area contributed by atoms with Crippen LogP contribution in [-0.4, -0.2) is 14.5 Å². The smallest absolute Gasteiger partial charge is 0.117 e. The van der Waals surface area contributed by atoms with E-state index in [1.54, 1.807) is 0 Å². The molecule has 0 aromatic carbocycles. The van der Waals surface area contributed by atoms with E-state index in [9.17, 15) is 4.55 Å². The summed E-state index contributed by atoms with van der Waals surface area (Å²) in [4.78, 5) is 0. The second-order valence-electron chi connectivity index (χ2n) is 3.46. The Morgan fingerprint density at radius 3 is 1.56 bits per heavy atom. The van der Waals surface area contributed by atoms with Crippen LogP contribution in [0.25, 0.3) is 0 Å². The van der Waals surface area contributed by atoms with Gasteiger partial charge >= 0.3 is 0 Å². The predicted molar refractivity (Wildman–Crippen MR) is 43.0 cm³/mol. The Hall–Kier alpha value is 0.310. The van der Waals surface area contributed by atoms with Gasteiger partial charge < -0.3 is 4.55 Å². The van der Waals surface area contributed by atoms with Crippen molar-refractivity contribution < 1.29 is 4.55 Å². The largest absolute Gasteiger partial charge is 0.616 e. The Balaban J connectivity index is 3.88. The molecule has 0 N–H and O–H groups in total. The molecular formula is C7H16OS. The molecule has 0 aromatic rings. The van der Waals surface area contributed by atoms with E-state index in [0.717, 1.165) is 0 Å². The molecule has 56 valence electrons. The maximum atomic E-state index is 11.3. The summed E-state index contributed by atoms with van der Waals surface area (Å²) in [6.07, 6.45) is 0. The van der Waals surface area contributed by atoms with Crippen molar-refractivity contribution in [2.75, 3.05) is 0 Å². The van der Waals surface area contributed by atoms with Gasteiger partial charge in [0.25, 0.3) is 0 Å². The van der Waals surface area contributed by atoms with Crippen LogP contribution in [0.5, 0.6) is 0 Å². The van der Waals surface area contributed by atoms with E-state index in [1.807, 2.05) is 34.6 Å². The lowest BCUT2D eigenvalue weighted by Gasteiger charge is -2.27. The summed E-state index contributed by atoms with van der Waals surface area (Å²) >= 11 is -0.689. The summed E-state index contributed by atoms with van der Waals surface area (Å²) in [6.45, 7) is 9.98. The van der Waals surface area contributed by atoms with Crippen LogP contribution < -0.4 is 0 Å². The van der Waals surface area contributed by atoms with Crippen LogP contribution in [-0.2, 0) is 11.2 Å². The zero-order chi connectivity index (χ0) is 7.65. The van der Waals surface area contributed by atoms with Crippen molar-refractivity contribution in [3.63, 3.8) is 0 Å². The molecule has 0 rings (SSSR count). The molecule has 0 aliphatic carbocycles. The summed E-state index contributed by atoms with van der Waals surface area (Å²) in [7, 11) is 0. The van der Waals surface area contributed by atoms with Crippen LogP contribution in [0.1, 0.15) is 34.6 Å². The average molecular weight is 148 g/mol. The minimum absolute atomic E-state index is 0.0475. The fourth-order valence-corrected chi connectivity index (χ4v) is 2.12. The summed E-state index contributed by atoms with van der Waals surface area (Å²) in [6, 6.07) is 0. The van der Waals surface area contributed by atoms with Gasteiger partial charge in [-0.05, 0) is 45.8 Å². The van der Waals surface area contributed by atoms with Gasteiger partial charge in [-0.15, -0.1) is 0 Å². The lowest BCUT2D eigenvalue weighted by Crippen LogP contribution is -2.34. The number of hydrogen-bond acceptors (Lipinski definition) is 1. The van der Waals surface area contributed by atoms with Crippen molar-refractivity contribution in [2.45, 2.75) is 44.6 Å². The molecule has 2 heteroatoms. The van der Waals surface area contributed by atoms with E-state index in [1.165, 1.54) is 0 Å². The first-order chi connectivity index (χ1) is 3.85. The highest BCUT2D eigenvalue weighted by atomic mass is 32.2. The van der Waals surface area contributed by atoms with Crippen molar-refractivity contribution in [3.8, 4) is 0 Å². The van der Waals surface area contributed by atoms with E-state index >= 15 is 0 Å². The molecule has 0 aliphatic heterocycles. The van der Waals surface area contributed by atoms with Crippen molar-refractivity contribution in [1.29, 1.82) is 0 Å². The monoisotopic (exact) mass is 148 g/mol. The Morgan fingerprint density at radius 1 is 1.22 bits per heavy atom. The summed E-state index contributed by atoms with van der Waals surface area (Å²) in [5.41, 5.74) is 0. The zero-order valence-corrected chi connectivity index (χ0v) is 7.71. The van der Waals surface area contributed by atoms with E-state index in [0.29, 0.717) is 0 Å². The molecule has 0 saturated heterocycles. The van der Waals surface area contributed by atoms with Gasteiger partial charge in [0.2, 0.25) is 0 Å². The molecule has 0 aliphatic rings. The van der Waals surface area contributed by atoms with Crippen LogP contribution in [0, 0.1) is 0 Å². The van der Waals surface area contributed by atoms with E-state index in [2.05, 4.69) is 0 Å². The van der Waals surface area contributed by atoms with Crippen LogP contribution in [0.3, 0.4) is 0 Å². The maximum Gasteiger partial charge on any atom is 0.117 e. The van der Waals surface area contributed by atoms with Gasteiger partial charge in [0.15, 0.2) is 0 Å². The quantitative estimate of drug-likeness (QED) is 0.521. The first-order valence-corrected chi connectivity index (χ1v) is 4.47. The maximum absolute atomic E-state index is 11.3. The van der Waals surface area contributed by atoms with Crippen molar-refractivity contribution >= 4 is 11.2 Å².